The second-order valence-electron chi connectivity index (χ2n) is 28.0. The van der Waals surface area contributed by atoms with Crippen molar-refractivity contribution < 1.29 is 4.42 Å². The number of hydrogen-bond acceptors (Lipinski definition) is 4. The van der Waals surface area contributed by atoms with Crippen LogP contribution in [-0.2, 0) is 21.7 Å². The van der Waals surface area contributed by atoms with Crippen LogP contribution in [0, 0.1) is 20.8 Å². The van der Waals surface area contributed by atoms with E-state index in [1.54, 1.807) is 0 Å². The first-order valence-corrected chi connectivity index (χ1v) is 30.2. The van der Waals surface area contributed by atoms with E-state index in [0.717, 1.165) is 55.8 Å². The zero-order valence-corrected chi connectivity index (χ0v) is 51.9. The number of hydrogen-bond donors (Lipinski definition) is 0. The minimum atomic E-state index is -0.189. The zero-order valence-electron chi connectivity index (χ0n) is 51.9. The van der Waals surface area contributed by atoms with Crippen LogP contribution in [0.15, 0.2) is 205 Å². The molecule has 5 heteroatoms. The molecule has 0 bridgehead atoms. The van der Waals surface area contributed by atoms with Gasteiger partial charge in [0, 0.05) is 61.8 Å². The van der Waals surface area contributed by atoms with E-state index in [1.165, 1.54) is 94.9 Å². The molecule has 0 atom stereocenters. The van der Waals surface area contributed by atoms with Crippen LogP contribution in [0.4, 0.5) is 51.2 Å². The van der Waals surface area contributed by atoms with Crippen LogP contribution >= 0.6 is 0 Å². The summed E-state index contributed by atoms with van der Waals surface area (Å²) in [6.45, 7) is 34.9. The predicted octanol–water partition coefficient (Wildman–Crippen LogP) is 20.6. The molecule has 3 heterocycles. The number of benzene rings is 10. The number of anilines is 9. The van der Waals surface area contributed by atoms with E-state index < -0.39 is 0 Å². The lowest BCUT2D eigenvalue weighted by atomic mass is 9.33. The molecule has 84 heavy (non-hydrogen) atoms. The Hall–Kier alpha value is -8.54. The summed E-state index contributed by atoms with van der Waals surface area (Å²) >= 11 is 0. The molecule has 0 amide bonds. The average molecular weight is 1100 g/mol. The number of fused-ring (bicyclic) bond motifs is 7. The van der Waals surface area contributed by atoms with Crippen LogP contribution in [0.5, 0.6) is 0 Å². The first-order chi connectivity index (χ1) is 39.9. The lowest BCUT2D eigenvalue weighted by Gasteiger charge is -2.46. The van der Waals surface area contributed by atoms with E-state index >= 15 is 0 Å². The molecule has 2 aliphatic rings. The molecule has 0 radical (unpaired) electrons. The molecule has 10 aromatic carbocycles. The molecule has 4 nitrogen and oxygen atoms in total. The van der Waals surface area contributed by atoms with Gasteiger partial charge in [0.1, 0.15) is 11.2 Å². The fourth-order valence-electron chi connectivity index (χ4n) is 13.6. The molecule has 0 saturated carbocycles. The van der Waals surface area contributed by atoms with Gasteiger partial charge in [-0.1, -0.05) is 217 Å². The summed E-state index contributed by atoms with van der Waals surface area (Å²) in [7, 11) is 0. The van der Waals surface area contributed by atoms with Crippen molar-refractivity contribution in [3.63, 3.8) is 0 Å². The van der Waals surface area contributed by atoms with Gasteiger partial charge in [-0.05, 0) is 181 Å². The lowest BCUT2D eigenvalue weighted by molar-refractivity contribution is 0.586. The molecular formula is C79H78BN3O. The van der Waals surface area contributed by atoms with Gasteiger partial charge >= 0.3 is 0 Å². The number of para-hydroxylation sites is 2. The van der Waals surface area contributed by atoms with E-state index in [1.807, 2.05) is 0 Å². The van der Waals surface area contributed by atoms with Crippen molar-refractivity contribution in [1.29, 1.82) is 0 Å². The second-order valence-corrected chi connectivity index (χ2v) is 28.0. The van der Waals surface area contributed by atoms with Gasteiger partial charge < -0.3 is 19.1 Å². The van der Waals surface area contributed by atoms with Gasteiger partial charge in [0.25, 0.3) is 6.71 Å². The fraction of sp³-hybridized carbons (Fsp3) is 0.241. The summed E-state index contributed by atoms with van der Waals surface area (Å²) in [5, 5.41) is 2.26. The Morgan fingerprint density at radius 3 is 1.58 bits per heavy atom. The van der Waals surface area contributed by atoms with Crippen molar-refractivity contribution in [2.24, 2.45) is 0 Å². The van der Waals surface area contributed by atoms with Gasteiger partial charge in [0.2, 0.25) is 0 Å². The van der Waals surface area contributed by atoms with E-state index in [-0.39, 0.29) is 28.4 Å². The van der Waals surface area contributed by atoms with Gasteiger partial charge in [-0.15, -0.1) is 0 Å². The number of furan rings is 1. The second kappa shape index (κ2) is 19.8. The normalized spacial score (nSPS) is 13.3. The molecular weight excluding hydrogens is 1020 g/mol. The highest BCUT2D eigenvalue weighted by molar-refractivity contribution is 7.00. The summed E-state index contributed by atoms with van der Waals surface area (Å²) in [5.41, 5.74) is 29.6. The first-order valence-electron chi connectivity index (χ1n) is 30.2. The van der Waals surface area contributed by atoms with Crippen LogP contribution in [0.3, 0.4) is 0 Å². The summed E-state index contributed by atoms with van der Waals surface area (Å²) in [6.07, 6.45) is 0. The maximum atomic E-state index is 6.66. The summed E-state index contributed by atoms with van der Waals surface area (Å²) in [4.78, 5) is 7.74. The standard InChI is InChI=1S/C79H78BN3O/c1-49-44-56(77(7,8)9)45-50(2)73(49)81(58-34-28-53(29-35-58)52-22-17-16-18-23-52)61-40-42-66-68(48-61)82(59-36-30-54(31-37-59)62-25-21-26-64-63-24-19-20-27-71(63)84-75(62)64)69-46-57(78(10,11)12)47-70-72(69)80(66)67-43-41-65(79(13,14)15)51(3)74(67)83(70)60-38-32-55(33-39-60)76(4,5)6/h16-48H,1-15H3. The SMILES string of the molecule is Cc1cc(C(C)(C)C)cc(C)c1N(c1ccc(-c2ccccc2)cc1)c1ccc2c(c1)N(c1ccc(-c3cccc4c3oc3ccccc34)cc1)c1cc(C(C)(C)C)cc3c1B2c1ccc(C(C)(C)C)c(C)c1N3c1ccc(C(C)(C)C)cc1. The quantitative estimate of drug-likeness (QED) is 0.148. The molecule has 0 fully saturated rings. The maximum Gasteiger partial charge on any atom is 0.252 e. The van der Waals surface area contributed by atoms with Crippen LogP contribution in [0.1, 0.15) is 122 Å². The molecule has 0 unspecified atom stereocenters. The maximum absolute atomic E-state index is 6.66. The van der Waals surface area contributed by atoms with E-state index in [9.17, 15) is 0 Å². The van der Waals surface area contributed by atoms with Crippen molar-refractivity contribution in [1.82, 2.24) is 0 Å². The summed E-state index contributed by atoms with van der Waals surface area (Å²) < 4.78 is 6.66. The zero-order chi connectivity index (χ0) is 58.9. The largest absolute Gasteiger partial charge is 0.455 e. The highest BCUT2D eigenvalue weighted by Gasteiger charge is 2.46. The van der Waals surface area contributed by atoms with Crippen LogP contribution < -0.4 is 31.1 Å². The first kappa shape index (κ1) is 54.7. The monoisotopic (exact) mass is 1100 g/mol. The van der Waals surface area contributed by atoms with Crippen molar-refractivity contribution in [2.75, 3.05) is 14.7 Å². The Labute approximate surface area is 499 Å². The molecule has 1 aromatic heterocycles. The van der Waals surface area contributed by atoms with Gasteiger partial charge in [0.15, 0.2) is 0 Å². The van der Waals surface area contributed by atoms with Crippen molar-refractivity contribution >= 4 is 96.2 Å². The predicted molar refractivity (Wildman–Crippen MR) is 362 cm³/mol. The van der Waals surface area contributed by atoms with Crippen molar-refractivity contribution in [2.45, 2.75) is 126 Å². The van der Waals surface area contributed by atoms with E-state index in [2.05, 4.69) is 319 Å². The molecule has 13 rings (SSSR count). The number of rotatable bonds is 7. The lowest BCUT2D eigenvalue weighted by Crippen LogP contribution is -2.61. The minimum absolute atomic E-state index is 0.00965. The van der Waals surface area contributed by atoms with E-state index in [0.29, 0.717) is 0 Å². The van der Waals surface area contributed by atoms with Gasteiger partial charge in [-0.25, -0.2) is 0 Å². The smallest absolute Gasteiger partial charge is 0.252 e. The highest BCUT2D eigenvalue weighted by atomic mass is 16.3. The van der Waals surface area contributed by atoms with E-state index in [4.69, 9.17) is 4.42 Å². The minimum Gasteiger partial charge on any atom is -0.455 e. The molecule has 0 aliphatic carbocycles. The molecule has 0 spiro atoms. The van der Waals surface area contributed by atoms with Gasteiger partial charge in [0.05, 0.1) is 5.69 Å². The fourth-order valence-corrected chi connectivity index (χ4v) is 13.6. The topological polar surface area (TPSA) is 22.9 Å². The third kappa shape index (κ3) is 9.23. The summed E-state index contributed by atoms with van der Waals surface area (Å²) in [5.74, 6) is 0. The highest BCUT2D eigenvalue weighted by Crippen LogP contribution is 2.51. The number of nitrogens with zero attached hydrogens (tertiary/aromatic N) is 3. The molecule has 418 valence electrons. The summed E-state index contributed by atoms with van der Waals surface area (Å²) in [6, 6.07) is 75.6. The van der Waals surface area contributed by atoms with Crippen molar-refractivity contribution in [3.8, 4) is 22.3 Å². The Kier molecular flexibility index (Phi) is 12.9. The van der Waals surface area contributed by atoms with Crippen LogP contribution in [0.2, 0.25) is 0 Å². The van der Waals surface area contributed by atoms with Gasteiger partial charge in [-0.2, -0.15) is 0 Å². The van der Waals surface area contributed by atoms with Crippen molar-refractivity contribution in [3.05, 3.63) is 239 Å². The third-order valence-electron chi connectivity index (χ3n) is 18.0. The Morgan fingerprint density at radius 2 is 0.940 bits per heavy atom. The van der Waals surface area contributed by atoms with Crippen LogP contribution in [0.25, 0.3) is 44.2 Å². The molecule has 11 aromatic rings. The Morgan fingerprint density at radius 1 is 0.405 bits per heavy atom. The molecule has 2 aliphatic heterocycles. The average Bonchev–Trinajstić information content (AvgIpc) is 0.836. The Balaban J connectivity index is 1.09. The Bertz CT molecular complexity index is 4350. The molecule has 0 N–H and O–H groups in total. The van der Waals surface area contributed by atoms with Crippen LogP contribution in [-0.4, -0.2) is 6.71 Å². The number of aryl methyl sites for hydroxylation is 2. The third-order valence-corrected chi connectivity index (χ3v) is 18.0. The molecule has 0 saturated heterocycles. The van der Waals surface area contributed by atoms with Gasteiger partial charge in [-0.3, -0.25) is 0 Å².